The molecule has 1 fully saturated rings. The zero-order valence-electron chi connectivity index (χ0n) is 13.8. The fourth-order valence-corrected chi connectivity index (χ4v) is 5.18. The van der Waals surface area contributed by atoms with Crippen LogP contribution in [0.2, 0.25) is 0 Å². The lowest BCUT2D eigenvalue weighted by Gasteiger charge is -2.36. The standard InChI is InChI=1S/C15H17N5O3S2/c1-10-17-15(23-18-10)13-8-20(6-5-19(13)2)25(21,22)11-3-4-12-14(7-11)24-9-16-12/h3-4,7,9,13H,5-6,8H2,1-2H3. The number of aryl methyl sites for hydroxylation is 1. The van der Waals surface area contributed by atoms with Crippen LogP contribution in [-0.2, 0) is 10.0 Å². The molecule has 0 bridgehead atoms. The number of piperazine rings is 1. The lowest BCUT2D eigenvalue weighted by molar-refractivity contribution is 0.120. The van der Waals surface area contributed by atoms with Crippen LogP contribution in [-0.4, -0.2) is 59.4 Å². The Kier molecular flexibility index (Phi) is 4.07. The van der Waals surface area contributed by atoms with Gasteiger partial charge in [0.1, 0.15) is 6.04 Å². The Morgan fingerprint density at radius 3 is 2.92 bits per heavy atom. The van der Waals surface area contributed by atoms with Crippen LogP contribution in [0, 0.1) is 6.92 Å². The van der Waals surface area contributed by atoms with Gasteiger partial charge >= 0.3 is 0 Å². The van der Waals surface area contributed by atoms with E-state index in [-0.39, 0.29) is 17.5 Å². The first kappa shape index (κ1) is 16.6. The quantitative estimate of drug-likeness (QED) is 0.683. The van der Waals surface area contributed by atoms with Gasteiger partial charge in [-0.25, -0.2) is 13.4 Å². The average molecular weight is 379 g/mol. The Bertz CT molecular complexity index is 1010. The number of thiazole rings is 1. The molecule has 0 N–H and O–H groups in total. The summed E-state index contributed by atoms with van der Waals surface area (Å²) in [4.78, 5) is 10.8. The summed E-state index contributed by atoms with van der Waals surface area (Å²) < 4.78 is 33.7. The number of benzene rings is 1. The van der Waals surface area contributed by atoms with E-state index in [1.807, 2.05) is 11.9 Å². The molecule has 3 aromatic rings. The maximum absolute atomic E-state index is 13.1. The molecule has 8 nitrogen and oxygen atoms in total. The minimum atomic E-state index is -3.59. The summed E-state index contributed by atoms with van der Waals surface area (Å²) in [6, 6.07) is 4.79. The molecule has 1 aromatic carbocycles. The Morgan fingerprint density at radius 1 is 1.32 bits per heavy atom. The van der Waals surface area contributed by atoms with Gasteiger partial charge in [0.15, 0.2) is 5.82 Å². The summed E-state index contributed by atoms with van der Waals surface area (Å²) in [5.41, 5.74) is 2.52. The van der Waals surface area contributed by atoms with Crippen LogP contribution in [0.4, 0.5) is 0 Å². The molecule has 4 rings (SSSR count). The lowest BCUT2D eigenvalue weighted by Crippen LogP contribution is -2.49. The lowest BCUT2D eigenvalue weighted by atomic mass is 10.2. The van der Waals surface area contributed by atoms with Gasteiger partial charge in [-0.15, -0.1) is 11.3 Å². The third-order valence-electron chi connectivity index (χ3n) is 4.38. The van der Waals surface area contributed by atoms with Gasteiger partial charge in [0.2, 0.25) is 15.9 Å². The van der Waals surface area contributed by atoms with Gasteiger partial charge in [-0.05, 0) is 32.2 Å². The van der Waals surface area contributed by atoms with E-state index in [1.54, 1.807) is 30.6 Å². The Labute approximate surface area is 149 Å². The molecule has 0 amide bonds. The van der Waals surface area contributed by atoms with Gasteiger partial charge in [-0.2, -0.15) is 9.29 Å². The predicted octanol–water partition coefficient (Wildman–Crippen LogP) is 1.67. The smallest absolute Gasteiger partial charge is 0.245 e. The van der Waals surface area contributed by atoms with Gasteiger partial charge in [-0.3, -0.25) is 4.90 Å². The SMILES string of the molecule is Cc1noc(C2CN(S(=O)(=O)c3ccc4ncsc4c3)CCN2C)n1. The third kappa shape index (κ3) is 2.95. The van der Waals surface area contributed by atoms with Crippen molar-refractivity contribution in [3.63, 3.8) is 0 Å². The second-order valence-electron chi connectivity index (χ2n) is 6.02. The molecule has 25 heavy (non-hydrogen) atoms. The number of fused-ring (bicyclic) bond motifs is 1. The Morgan fingerprint density at radius 2 is 2.16 bits per heavy atom. The number of nitrogens with zero attached hydrogens (tertiary/aromatic N) is 5. The summed E-state index contributed by atoms with van der Waals surface area (Å²) in [6.45, 7) is 3.03. The number of sulfonamides is 1. The van der Waals surface area contributed by atoms with Crippen LogP contribution in [0.5, 0.6) is 0 Å². The van der Waals surface area contributed by atoms with Crippen molar-refractivity contribution in [2.45, 2.75) is 17.9 Å². The molecule has 132 valence electrons. The van der Waals surface area contributed by atoms with Gasteiger partial charge in [0, 0.05) is 19.6 Å². The number of aromatic nitrogens is 3. The highest BCUT2D eigenvalue weighted by Gasteiger charge is 2.36. The molecule has 0 radical (unpaired) electrons. The molecule has 1 unspecified atom stereocenters. The highest BCUT2D eigenvalue weighted by Crippen LogP contribution is 2.29. The van der Waals surface area contributed by atoms with E-state index < -0.39 is 10.0 Å². The number of hydrogen-bond donors (Lipinski definition) is 0. The molecule has 0 aliphatic carbocycles. The maximum atomic E-state index is 13.1. The molecule has 1 aliphatic rings. The number of rotatable bonds is 3. The van der Waals surface area contributed by atoms with Crippen molar-refractivity contribution in [1.29, 1.82) is 0 Å². The second-order valence-corrected chi connectivity index (χ2v) is 8.85. The van der Waals surface area contributed by atoms with Gasteiger partial charge in [0.25, 0.3) is 0 Å². The van der Waals surface area contributed by atoms with Crippen LogP contribution >= 0.6 is 11.3 Å². The average Bonchev–Trinajstić information content (AvgIpc) is 3.23. The van der Waals surface area contributed by atoms with Crippen molar-refractivity contribution in [3.8, 4) is 0 Å². The van der Waals surface area contributed by atoms with Gasteiger partial charge < -0.3 is 4.52 Å². The van der Waals surface area contributed by atoms with Gasteiger partial charge in [0.05, 0.1) is 20.6 Å². The van der Waals surface area contributed by atoms with Crippen LogP contribution < -0.4 is 0 Å². The van der Waals surface area contributed by atoms with E-state index in [0.717, 1.165) is 10.2 Å². The first-order valence-corrected chi connectivity index (χ1v) is 10.1. The van der Waals surface area contributed by atoms with Crippen molar-refractivity contribution >= 4 is 31.6 Å². The normalized spacial score (nSPS) is 20.3. The molecule has 1 saturated heterocycles. The van der Waals surface area contributed by atoms with E-state index in [0.29, 0.717) is 24.8 Å². The molecule has 0 saturated carbocycles. The fraction of sp³-hybridized carbons (Fsp3) is 0.400. The van der Waals surface area contributed by atoms with E-state index in [1.165, 1.54) is 15.6 Å². The molecule has 2 aromatic heterocycles. The van der Waals surface area contributed by atoms with Crippen molar-refractivity contribution < 1.29 is 12.9 Å². The third-order valence-corrected chi connectivity index (χ3v) is 7.03. The van der Waals surface area contributed by atoms with Crippen LogP contribution in [0.3, 0.4) is 0 Å². The largest absolute Gasteiger partial charge is 0.338 e. The Hall–Kier alpha value is -1.88. The highest BCUT2D eigenvalue weighted by atomic mass is 32.2. The van der Waals surface area contributed by atoms with Crippen molar-refractivity contribution in [2.24, 2.45) is 0 Å². The predicted molar refractivity (Wildman–Crippen MR) is 92.8 cm³/mol. The zero-order valence-corrected chi connectivity index (χ0v) is 15.4. The van der Waals surface area contributed by atoms with E-state index in [9.17, 15) is 8.42 Å². The monoisotopic (exact) mass is 379 g/mol. The second kappa shape index (κ2) is 6.13. The summed E-state index contributed by atoms with van der Waals surface area (Å²) in [7, 11) is -1.67. The summed E-state index contributed by atoms with van der Waals surface area (Å²) in [5, 5.41) is 3.81. The molecule has 1 atom stereocenters. The maximum Gasteiger partial charge on any atom is 0.245 e. The minimum Gasteiger partial charge on any atom is -0.338 e. The van der Waals surface area contributed by atoms with Crippen LogP contribution in [0.1, 0.15) is 17.8 Å². The summed E-state index contributed by atoms with van der Waals surface area (Å²) in [6.07, 6.45) is 0. The molecule has 10 heteroatoms. The Balaban J connectivity index is 1.65. The topological polar surface area (TPSA) is 92.4 Å². The number of hydrogen-bond acceptors (Lipinski definition) is 8. The molecular weight excluding hydrogens is 362 g/mol. The van der Waals surface area contributed by atoms with Gasteiger partial charge in [-0.1, -0.05) is 5.16 Å². The fourth-order valence-electron chi connectivity index (χ4n) is 2.93. The van der Waals surface area contributed by atoms with E-state index >= 15 is 0 Å². The van der Waals surface area contributed by atoms with Crippen molar-refractivity contribution in [2.75, 3.05) is 26.7 Å². The summed E-state index contributed by atoms with van der Waals surface area (Å²) in [5.74, 6) is 0.983. The zero-order chi connectivity index (χ0) is 17.6. The van der Waals surface area contributed by atoms with E-state index in [4.69, 9.17) is 4.52 Å². The first-order chi connectivity index (χ1) is 11.9. The molecular formula is C15H17N5O3S2. The molecule has 3 heterocycles. The highest BCUT2D eigenvalue weighted by molar-refractivity contribution is 7.89. The van der Waals surface area contributed by atoms with E-state index in [2.05, 4.69) is 15.1 Å². The molecule has 0 spiro atoms. The first-order valence-electron chi connectivity index (χ1n) is 7.79. The van der Waals surface area contributed by atoms with Crippen LogP contribution in [0.25, 0.3) is 10.2 Å². The summed E-state index contributed by atoms with van der Waals surface area (Å²) >= 11 is 1.43. The van der Waals surface area contributed by atoms with Crippen LogP contribution in [0.15, 0.2) is 33.1 Å². The van der Waals surface area contributed by atoms with Crippen molar-refractivity contribution in [1.82, 2.24) is 24.3 Å². The minimum absolute atomic E-state index is 0.253. The van der Waals surface area contributed by atoms with Crippen molar-refractivity contribution in [3.05, 3.63) is 35.4 Å². The molecule has 1 aliphatic heterocycles. The number of likely N-dealkylation sites (N-methyl/N-ethyl adjacent to an activating group) is 1.